The van der Waals surface area contributed by atoms with Gasteiger partial charge in [-0.3, -0.25) is 19.5 Å². The molecule has 1 N–H and O–H groups in total. The fourth-order valence-electron chi connectivity index (χ4n) is 4.31. The van der Waals surface area contributed by atoms with Gasteiger partial charge >= 0.3 is 11.7 Å². The maximum Gasteiger partial charge on any atom is 0.338 e. The summed E-state index contributed by atoms with van der Waals surface area (Å²) < 4.78 is 12.7. The molecule has 1 aliphatic rings. The zero-order chi connectivity index (χ0) is 28.4. The van der Waals surface area contributed by atoms with Crippen molar-refractivity contribution in [3.63, 3.8) is 0 Å². The molecule has 39 heavy (non-hydrogen) atoms. The van der Waals surface area contributed by atoms with Crippen LogP contribution in [0.2, 0.25) is 5.02 Å². The number of ether oxygens (including phenoxy) is 2. The minimum absolute atomic E-state index is 0.104. The highest BCUT2D eigenvalue weighted by molar-refractivity contribution is 9.10. The van der Waals surface area contributed by atoms with Crippen molar-refractivity contribution in [2.75, 3.05) is 13.7 Å². The summed E-state index contributed by atoms with van der Waals surface area (Å²) in [5, 5.41) is 21.8. The number of hydrogen-bond donors (Lipinski definition) is 1. The molecule has 0 aliphatic carbocycles. The second-order valence-electron chi connectivity index (χ2n) is 8.43. The molecule has 0 saturated heterocycles. The minimum atomic E-state index is -0.946. The summed E-state index contributed by atoms with van der Waals surface area (Å²) in [4.78, 5) is 42.9. The number of carbonyl (C=O) groups excluding carboxylic acids is 1. The monoisotopic (exact) mass is 635 g/mol. The van der Waals surface area contributed by atoms with Gasteiger partial charge in [-0.1, -0.05) is 36.3 Å². The van der Waals surface area contributed by atoms with Gasteiger partial charge in [0.25, 0.3) is 5.56 Å². The van der Waals surface area contributed by atoms with Crippen LogP contribution >= 0.6 is 38.9 Å². The minimum Gasteiger partial charge on any atom is -0.501 e. The van der Waals surface area contributed by atoms with Gasteiger partial charge in [-0.15, -0.1) is 0 Å². The number of benzene rings is 2. The van der Waals surface area contributed by atoms with Crippen molar-refractivity contribution in [3.05, 3.63) is 92.0 Å². The van der Waals surface area contributed by atoms with E-state index in [2.05, 4.69) is 20.9 Å². The first kappa shape index (κ1) is 28.5. The van der Waals surface area contributed by atoms with Crippen LogP contribution < -0.4 is 19.6 Å². The quantitative estimate of drug-likeness (QED) is 0.217. The van der Waals surface area contributed by atoms with Crippen LogP contribution in [0, 0.1) is 10.1 Å². The Bertz CT molecular complexity index is 1700. The van der Waals surface area contributed by atoms with Gasteiger partial charge in [0.2, 0.25) is 5.75 Å². The molecule has 0 radical (unpaired) electrons. The summed E-state index contributed by atoms with van der Waals surface area (Å²) >= 11 is 10.5. The predicted molar refractivity (Wildman–Crippen MR) is 150 cm³/mol. The number of nitrogens with zero attached hydrogens (tertiary/aromatic N) is 3. The Morgan fingerprint density at radius 3 is 2.72 bits per heavy atom. The number of aromatic hydroxyl groups is 1. The smallest absolute Gasteiger partial charge is 0.338 e. The summed E-state index contributed by atoms with van der Waals surface area (Å²) in [7, 11) is 1.48. The van der Waals surface area contributed by atoms with Crippen LogP contribution in [0.1, 0.15) is 43.9 Å². The lowest BCUT2D eigenvalue weighted by Gasteiger charge is -2.27. The van der Waals surface area contributed by atoms with Crippen LogP contribution in [0.4, 0.5) is 5.69 Å². The predicted octanol–water partition coefficient (Wildman–Crippen LogP) is 4.62. The fourth-order valence-corrected chi connectivity index (χ4v) is 5.98. The van der Waals surface area contributed by atoms with Crippen LogP contribution in [0.15, 0.2) is 55.9 Å². The third-order valence-corrected chi connectivity index (χ3v) is 7.76. The number of hydrogen-bond acceptors (Lipinski definition) is 9. The van der Waals surface area contributed by atoms with E-state index in [4.69, 9.17) is 21.1 Å². The lowest BCUT2D eigenvalue weighted by atomic mass is 9.93. The zero-order valence-corrected chi connectivity index (χ0v) is 24.2. The molecule has 0 amide bonds. The Labute approximate surface area is 239 Å². The summed E-state index contributed by atoms with van der Waals surface area (Å²) in [6.07, 6.45) is 2.61. The number of rotatable bonds is 8. The number of allylic oxidation sites excluding steroid dienone is 1. The van der Waals surface area contributed by atoms with E-state index in [1.54, 1.807) is 25.1 Å². The van der Waals surface area contributed by atoms with Crippen molar-refractivity contribution in [1.82, 2.24) is 4.57 Å². The fraction of sp³-hybridized carbons (Fsp3) is 0.269. The van der Waals surface area contributed by atoms with Gasteiger partial charge in [0, 0.05) is 16.7 Å². The molecule has 1 aliphatic heterocycles. The number of halogens is 2. The lowest BCUT2D eigenvalue weighted by molar-refractivity contribution is -0.386. The first-order valence-corrected chi connectivity index (χ1v) is 13.8. The van der Waals surface area contributed by atoms with Crippen LogP contribution in [-0.4, -0.2) is 34.3 Å². The molecule has 0 saturated carbocycles. The SMILES string of the molecule is CCCC1=C(C(=O)OCC)[C@@H](c2cc(Cl)ccc2OC)n2c(s/c(=C/c3cc(Br)c(O)c([N+](=O)[O-])c3)c2=O)=N1. The molecule has 2 heterocycles. The number of aromatic nitrogens is 1. The lowest BCUT2D eigenvalue weighted by Crippen LogP contribution is -2.40. The maximum atomic E-state index is 13.9. The Morgan fingerprint density at radius 1 is 1.33 bits per heavy atom. The van der Waals surface area contributed by atoms with Crippen LogP contribution in [0.25, 0.3) is 6.08 Å². The van der Waals surface area contributed by atoms with Crippen molar-refractivity contribution in [3.8, 4) is 11.5 Å². The molecule has 204 valence electrons. The van der Waals surface area contributed by atoms with E-state index in [1.807, 2.05) is 6.92 Å². The molecule has 1 atom stereocenters. The standard InChI is InChI=1S/C26H23BrClN3O7S/c1-4-6-17-21(25(34)38-5-2)22(15-12-14(28)7-8-19(15)37-3)30-24(33)20(39-26(30)29-17)11-13-9-16(27)23(32)18(10-13)31(35)36/h7-12,22,32H,4-6H2,1-3H3/b20-11+/t22-/m1/s1. The number of phenols is 1. The van der Waals surface area contributed by atoms with Crippen molar-refractivity contribution < 1.29 is 24.3 Å². The second-order valence-corrected chi connectivity index (χ2v) is 10.7. The van der Waals surface area contributed by atoms with Gasteiger partial charge < -0.3 is 14.6 Å². The highest BCUT2D eigenvalue weighted by Crippen LogP contribution is 2.38. The third kappa shape index (κ3) is 5.49. The summed E-state index contributed by atoms with van der Waals surface area (Å²) in [6, 6.07) is 6.62. The van der Waals surface area contributed by atoms with Crippen LogP contribution in [0.3, 0.4) is 0 Å². The Balaban J connectivity index is 2.06. The van der Waals surface area contributed by atoms with E-state index in [-0.39, 0.29) is 21.2 Å². The highest BCUT2D eigenvalue weighted by atomic mass is 79.9. The number of nitro groups is 1. The number of phenolic OH excluding ortho intramolecular Hbond substituents is 1. The first-order chi connectivity index (χ1) is 18.6. The summed E-state index contributed by atoms with van der Waals surface area (Å²) in [5.41, 5.74) is 0.494. The molecule has 0 bridgehead atoms. The van der Waals surface area contributed by atoms with Gasteiger partial charge in [0.15, 0.2) is 4.80 Å². The number of nitro benzene ring substituents is 1. The number of esters is 1. The molecular formula is C26H23BrClN3O7S. The van der Waals surface area contributed by atoms with E-state index in [0.717, 1.165) is 11.3 Å². The Kier molecular flexibility index (Phi) is 8.57. The summed E-state index contributed by atoms with van der Waals surface area (Å²) in [5.74, 6) is -0.712. The van der Waals surface area contributed by atoms with Gasteiger partial charge in [0.05, 0.1) is 38.9 Å². The van der Waals surface area contributed by atoms with E-state index < -0.39 is 33.9 Å². The van der Waals surface area contributed by atoms with E-state index in [9.17, 15) is 24.8 Å². The van der Waals surface area contributed by atoms with Gasteiger partial charge in [0.1, 0.15) is 11.8 Å². The number of methoxy groups -OCH3 is 1. The van der Waals surface area contributed by atoms with Crippen molar-refractivity contribution in [1.29, 1.82) is 0 Å². The number of thiazole rings is 1. The second kappa shape index (κ2) is 11.7. The Morgan fingerprint density at radius 2 is 2.08 bits per heavy atom. The van der Waals surface area contributed by atoms with E-state index in [0.29, 0.717) is 45.2 Å². The van der Waals surface area contributed by atoms with Crippen molar-refractivity contribution in [2.24, 2.45) is 4.99 Å². The van der Waals surface area contributed by atoms with Crippen molar-refractivity contribution >= 4 is 56.6 Å². The molecule has 13 heteroatoms. The molecule has 1 aromatic heterocycles. The number of fused-ring (bicyclic) bond motifs is 1. The van der Waals surface area contributed by atoms with E-state index in [1.165, 1.54) is 29.9 Å². The zero-order valence-electron chi connectivity index (χ0n) is 21.1. The number of carbonyl (C=O) groups is 1. The molecule has 2 aromatic carbocycles. The largest absolute Gasteiger partial charge is 0.501 e. The molecule has 10 nitrogen and oxygen atoms in total. The van der Waals surface area contributed by atoms with Gasteiger partial charge in [-0.05, 0) is 65.2 Å². The average molecular weight is 637 g/mol. The van der Waals surface area contributed by atoms with Gasteiger partial charge in [-0.2, -0.15) is 0 Å². The average Bonchev–Trinajstić information content (AvgIpc) is 3.19. The molecule has 4 rings (SSSR count). The summed E-state index contributed by atoms with van der Waals surface area (Å²) in [6.45, 7) is 3.77. The van der Waals surface area contributed by atoms with Crippen LogP contribution in [-0.2, 0) is 9.53 Å². The first-order valence-electron chi connectivity index (χ1n) is 11.8. The molecule has 0 unspecified atom stereocenters. The Hall–Kier alpha value is -3.48. The van der Waals surface area contributed by atoms with Gasteiger partial charge in [-0.25, -0.2) is 9.79 Å². The van der Waals surface area contributed by atoms with Crippen molar-refractivity contribution in [2.45, 2.75) is 32.7 Å². The highest BCUT2D eigenvalue weighted by Gasteiger charge is 2.36. The molecule has 0 fully saturated rings. The molecule has 3 aromatic rings. The van der Waals surface area contributed by atoms with E-state index >= 15 is 0 Å². The topological polar surface area (TPSA) is 133 Å². The third-order valence-electron chi connectivity index (χ3n) is 5.94. The maximum absolute atomic E-state index is 13.9. The molecular weight excluding hydrogens is 614 g/mol. The van der Waals surface area contributed by atoms with Crippen LogP contribution in [0.5, 0.6) is 11.5 Å². The molecule has 0 spiro atoms. The normalized spacial score (nSPS) is 15.1.